The van der Waals surface area contributed by atoms with Crippen LogP contribution in [-0.2, 0) is 14.9 Å². The van der Waals surface area contributed by atoms with E-state index in [9.17, 15) is 26.4 Å². The van der Waals surface area contributed by atoms with Crippen molar-refractivity contribution in [3.8, 4) is 17.2 Å². The Balaban J connectivity index is 2.17. The van der Waals surface area contributed by atoms with Gasteiger partial charge in [0.2, 0.25) is 5.89 Å². The Hall–Kier alpha value is -2.56. The summed E-state index contributed by atoms with van der Waals surface area (Å²) in [5, 5.41) is 0. The molecule has 0 spiro atoms. The minimum atomic E-state index is -5.74. The molecule has 0 unspecified atom stereocenters. The van der Waals surface area contributed by atoms with E-state index in [1.807, 2.05) is 0 Å². The summed E-state index contributed by atoms with van der Waals surface area (Å²) in [4.78, 5) is 15.3. The summed E-state index contributed by atoms with van der Waals surface area (Å²) in [6, 6.07) is 4.43. The highest BCUT2D eigenvalue weighted by Crippen LogP contribution is 2.28. The minimum absolute atomic E-state index is 0.00304. The fraction of sp³-hybridized carbons (Fsp3) is 0.231. The molecule has 2 aromatic rings. The van der Waals surface area contributed by atoms with Gasteiger partial charge in [0.1, 0.15) is 12.0 Å². The Kier molecular flexibility index (Phi) is 4.83. The second-order valence-corrected chi connectivity index (χ2v) is 5.80. The van der Waals surface area contributed by atoms with Gasteiger partial charge < -0.3 is 13.3 Å². The van der Waals surface area contributed by atoms with E-state index in [0.717, 1.165) is 18.4 Å². The molecule has 0 atom stereocenters. The number of rotatable bonds is 5. The van der Waals surface area contributed by atoms with Crippen LogP contribution in [0.1, 0.15) is 17.4 Å². The zero-order valence-electron chi connectivity index (χ0n) is 12.0. The van der Waals surface area contributed by atoms with E-state index in [0.29, 0.717) is 5.56 Å². The van der Waals surface area contributed by atoms with Crippen molar-refractivity contribution in [1.82, 2.24) is 4.98 Å². The van der Waals surface area contributed by atoms with Crippen molar-refractivity contribution in [3.63, 3.8) is 0 Å². The predicted molar refractivity (Wildman–Crippen MR) is 73.5 cm³/mol. The molecule has 0 fully saturated rings. The average molecular weight is 365 g/mol. The monoisotopic (exact) mass is 365 g/mol. The van der Waals surface area contributed by atoms with Crippen molar-refractivity contribution < 1.29 is 39.7 Å². The highest BCUT2D eigenvalue weighted by atomic mass is 32.2. The topological polar surface area (TPSA) is 95.7 Å². The quantitative estimate of drug-likeness (QED) is 0.457. The Morgan fingerprint density at radius 2 is 1.88 bits per heavy atom. The lowest BCUT2D eigenvalue weighted by atomic mass is 10.2. The van der Waals surface area contributed by atoms with E-state index >= 15 is 0 Å². The van der Waals surface area contributed by atoms with Gasteiger partial charge in [-0.15, -0.1) is 0 Å². The maximum atomic E-state index is 12.2. The molecule has 1 heterocycles. The van der Waals surface area contributed by atoms with Crippen LogP contribution in [0.4, 0.5) is 13.2 Å². The van der Waals surface area contributed by atoms with Crippen molar-refractivity contribution in [2.75, 3.05) is 6.61 Å². The highest BCUT2D eigenvalue weighted by Gasteiger charge is 2.48. The molecule has 0 N–H and O–H groups in total. The third-order valence-corrected chi connectivity index (χ3v) is 3.56. The number of ether oxygens (including phenoxy) is 1. The third-order valence-electron chi connectivity index (χ3n) is 2.58. The van der Waals surface area contributed by atoms with Crippen LogP contribution >= 0.6 is 0 Å². The number of nitrogens with zero attached hydrogens (tertiary/aromatic N) is 1. The second-order valence-electron chi connectivity index (χ2n) is 4.27. The first-order valence-electron chi connectivity index (χ1n) is 6.38. The van der Waals surface area contributed by atoms with Crippen LogP contribution in [-0.4, -0.2) is 31.5 Å². The van der Waals surface area contributed by atoms with E-state index in [2.05, 4.69) is 9.17 Å². The molecule has 0 aliphatic carbocycles. The lowest BCUT2D eigenvalue weighted by molar-refractivity contribution is -0.0500. The molecule has 0 aliphatic heterocycles. The predicted octanol–water partition coefficient (Wildman–Crippen LogP) is 2.75. The Morgan fingerprint density at radius 3 is 2.42 bits per heavy atom. The number of aromatic nitrogens is 1. The van der Waals surface area contributed by atoms with Crippen LogP contribution in [0.3, 0.4) is 0 Å². The van der Waals surface area contributed by atoms with Gasteiger partial charge in [0.25, 0.3) is 0 Å². The molecule has 0 radical (unpaired) electrons. The van der Waals surface area contributed by atoms with Crippen molar-refractivity contribution in [3.05, 3.63) is 36.2 Å². The number of halogens is 3. The lowest BCUT2D eigenvalue weighted by Gasteiger charge is -2.09. The van der Waals surface area contributed by atoms with Gasteiger partial charge in [0.15, 0.2) is 5.69 Å². The molecule has 1 aromatic heterocycles. The molecular formula is C13H10F3NO6S. The number of esters is 1. The first-order valence-corrected chi connectivity index (χ1v) is 7.78. The van der Waals surface area contributed by atoms with Gasteiger partial charge in [-0.25, -0.2) is 9.78 Å². The molecule has 11 heteroatoms. The van der Waals surface area contributed by atoms with E-state index in [1.165, 1.54) is 12.1 Å². The molecule has 0 saturated heterocycles. The van der Waals surface area contributed by atoms with Crippen molar-refractivity contribution in [1.29, 1.82) is 0 Å². The van der Waals surface area contributed by atoms with E-state index in [1.54, 1.807) is 6.92 Å². The van der Waals surface area contributed by atoms with Crippen molar-refractivity contribution in [2.45, 2.75) is 12.4 Å². The molecule has 0 saturated carbocycles. The molecule has 24 heavy (non-hydrogen) atoms. The van der Waals surface area contributed by atoms with Gasteiger partial charge in [-0.2, -0.15) is 21.6 Å². The Bertz CT molecular complexity index is 826. The smallest absolute Gasteiger partial charge is 0.461 e. The van der Waals surface area contributed by atoms with Crippen LogP contribution in [0.25, 0.3) is 11.5 Å². The SMILES string of the molecule is CCOC(=O)c1coc(-c2ccc(OS(=O)(=O)C(F)(F)F)cc2)n1. The number of hydrogen-bond donors (Lipinski definition) is 0. The van der Waals surface area contributed by atoms with E-state index in [4.69, 9.17) is 9.15 Å². The second kappa shape index (κ2) is 6.51. The molecule has 7 nitrogen and oxygen atoms in total. The number of alkyl halides is 3. The normalized spacial score (nSPS) is 12.0. The number of benzene rings is 1. The van der Waals surface area contributed by atoms with E-state index in [-0.39, 0.29) is 18.2 Å². The van der Waals surface area contributed by atoms with Gasteiger partial charge in [-0.05, 0) is 31.2 Å². The fourth-order valence-corrected chi connectivity index (χ4v) is 1.99. The zero-order valence-corrected chi connectivity index (χ0v) is 12.8. The highest BCUT2D eigenvalue weighted by molar-refractivity contribution is 7.88. The lowest BCUT2D eigenvalue weighted by Crippen LogP contribution is -2.28. The molecule has 1 aromatic carbocycles. The zero-order chi connectivity index (χ0) is 18.0. The first-order chi connectivity index (χ1) is 11.1. The number of oxazole rings is 1. The first kappa shape index (κ1) is 17.8. The molecule has 130 valence electrons. The summed E-state index contributed by atoms with van der Waals surface area (Å²) < 4.78 is 72.2. The molecule has 0 aliphatic rings. The summed E-state index contributed by atoms with van der Waals surface area (Å²) in [6.07, 6.45) is 1.06. The van der Waals surface area contributed by atoms with Crippen LogP contribution in [0.15, 0.2) is 34.9 Å². The average Bonchev–Trinajstić information content (AvgIpc) is 2.96. The van der Waals surface area contributed by atoms with Crippen LogP contribution in [0.2, 0.25) is 0 Å². The number of carbonyl (C=O) groups is 1. The maximum Gasteiger partial charge on any atom is 0.534 e. The molecule has 0 amide bonds. The van der Waals surface area contributed by atoms with Crippen LogP contribution in [0, 0.1) is 0 Å². The van der Waals surface area contributed by atoms with Crippen molar-refractivity contribution >= 4 is 16.1 Å². The van der Waals surface area contributed by atoms with E-state index < -0.39 is 27.3 Å². The Morgan fingerprint density at radius 1 is 1.25 bits per heavy atom. The van der Waals surface area contributed by atoms with Gasteiger partial charge in [0.05, 0.1) is 6.61 Å². The number of carbonyl (C=O) groups excluding carboxylic acids is 1. The summed E-state index contributed by atoms with van der Waals surface area (Å²) in [5.41, 5.74) is -5.31. The fourth-order valence-electron chi connectivity index (χ4n) is 1.53. The molecular weight excluding hydrogens is 355 g/mol. The van der Waals surface area contributed by atoms with Gasteiger partial charge in [-0.3, -0.25) is 0 Å². The van der Waals surface area contributed by atoms with Gasteiger partial charge >= 0.3 is 21.6 Å². The number of hydrogen-bond acceptors (Lipinski definition) is 7. The van der Waals surface area contributed by atoms with Crippen molar-refractivity contribution in [2.24, 2.45) is 0 Å². The van der Waals surface area contributed by atoms with Crippen LogP contribution < -0.4 is 4.18 Å². The standard InChI is InChI=1S/C13H10F3NO6S/c1-2-21-12(18)10-7-22-11(17-10)8-3-5-9(6-4-8)23-24(19,20)13(14,15)16/h3-7H,2H2,1H3. The molecule has 0 bridgehead atoms. The minimum Gasteiger partial charge on any atom is -0.461 e. The summed E-state index contributed by atoms with van der Waals surface area (Å²) >= 11 is 0. The maximum absolute atomic E-state index is 12.2. The molecule has 2 rings (SSSR count). The van der Waals surface area contributed by atoms with Crippen LogP contribution in [0.5, 0.6) is 5.75 Å². The summed E-state index contributed by atoms with van der Waals surface area (Å²) in [6.45, 7) is 1.77. The third kappa shape index (κ3) is 3.85. The van der Waals surface area contributed by atoms with Gasteiger partial charge in [-0.1, -0.05) is 0 Å². The summed E-state index contributed by atoms with van der Waals surface area (Å²) in [7, 11) is -5.74. The summed E-state index contributed by atoms with van der Waals surface area (Å²) in [5.74, 6) is -1.22. The van der Waals surface area contributed by atoms with Gasteiger partial charge in [0, 0.05) is 5.56 Å². The largest absolute Gasteiger partial charge is 0.534 e. The Labute approximate surface area is 134 Å².